The summed E-state index contributed by atoms with van der Waals surface area (Å²) in [6, 6.07) is 27.0. The summed E-state index contributed by atoms with van der Waals surface area (Å²) in [5.41, 5.74) is 16.6. The van der Waals surface area contributed by atoms with Gasteiger partial charge < -0.3 is 25.0 Å². The van der Waals surface area contributed by atoms with Crippen molar-refractivity contribution in [2.45, 2.75) is 82.5 Å². The zero-order valence-electron chi connectivity index (χ0n) is 49.6. The average molecular weight is 1240 g/mol. The lowest BCUT2D eigenvalue weighted by atomic mass is 10.0. The van der Waals surface area contributed by atoms with Crippen molar-refractivity contribution in [1.29, 1.82) is 0 Å². The number of nitrogens with one attached hydrogen (secondary N) is 1. The van der Waals surface area contributed by atoms with Crippen molar-refractivity contribution in [2.24, 2.45) is 29.4 Å². The highest BCUT2D eigenvalue weighted by atomic mass is 32.1. The van der Waals surface area contributed by atoms with Gasteiger partial charge in [0, 0.05) is 120 Å². The van der Waals surface area contributed by atoms with Crippen LogP contribution >= 0.6 is 22.7 Å². The molecule has 0 spiro atoms. The summed E-state index contributed by atoms with van der Waals surface area (Å²) in [6.45, 7) is 7.71. The molecule has 6 aliphatic rings. The van der Waals surface area contributed by atoms with E-state index in [1.165, 1.54) is 4.90 Å². The number of aromatic nitrogens is 12. The van der Waals surface area contributed by atoms with Gasteiger partial charge in [-0.2, -0.15) is 10.2 Å². The third kappa shape index (κ3) is 8.70. The monoisotopic (exact) mass is 1230 g/mol. The highest BCUT2D eigenvalue weighted by molar-refractivity contribution is 7.10. The first-order chi connectivity index (χ1) is 44.1. The predicted molar refractivity (Wildman–Crippen MR) is 341 cm³/mol. The van der Waals surface area contributed by atoms with Crippen molar-refractivity contribution in [1.82, 2.24) is 64.7 Å². The van der Waals surface area contributed by atoms with Crippen molar-refractivity contribution in [2.75, 3.05) is 55.7 Å². The summed E-state index contributed by atoms with van der Waals surface area (Å²) in [5, 5.41) is 21.4. The second-order valence-electron chi connectivity index (χ2n) is 25.0. The normalized spacial score (nSPS) is 23.7. The van der Waals surface area contributed by atoms with E-state index in [0.717, 1.165) is 86.4 Å². The number of thiazole rings is 2. The molecule has 23 heteroatoms. The molecule has 5 fully saturated rings. The van der Waals surface area contributed by atoms with Crippen molar-refractivity contribution in [3.63, 3.8) is 0 Å². The molecule has 7 unspecified atom stereocenters. The van der Waals surface area contributed by atoms with Crippen LogP contribution in [0, 0.1) is 37.5 Å². The lowest BCUT2D eigenvalue weighted by Gasteiger charge is -2.29. The number of hydrogen-bond donors (Lipinski definition) is 2. The number of benzene rings is 3. The van der Waals surface area contributed by atoms with Gasteiger partial charge in [-0.05, 0) is 106 Å². The van der Waals surface area contributed by atoms with Crippen LogP contribution in [0.5, 0.6) is 0 Å². The van der Waals surface area contributed by atoms with Gasteiger partial charge in [0.15, 0.2) is 23.5 Å². The number of aromatic amines is 1. The van der Waals surface area contributed by atoms with E-state index in [2.05, 4.69) is 25.3 Å². The molecule has 452 valence electrons. The number of ether oxygens (including phenoxy) is 2. The molecule has 12 heterocycles. The van der Waals surface area contributed by atoms with Crippen LogP contribution in [-0.2, 0) is 38.1 Å². The lowest BCUT2D eigenvalue weighted by Crippen LogP contribution is -2.39. The topological polar surface area (TPSA) is 255 Å². The van der Waals surface area contributed by atoms with Crippen LogP contribution in [0.2, 0.25) is 0 Å². The largest absolute Gasteiger partial charge is 0.459 e. The Labute approximate surface area is 524 Å². The molecule has 3 aromatic carbocycles. The molecule has 3 saturated heterocycles. The Morgan fingerprint density at radius 2 is 1.32 bits per heavy atom. The van der Waals surface area contributed by atoms with Crippen molar-refractivity contribution < 1.29 is 23.9 Å². The summed E-state index contributed by atoms with van der Waals surface area (Å²) in [5.74, 6) is 1.05. The van der Waals surface area contributed by atoms with Gasteiger partial charge in [0.1, 0.15) is 39.0 Å². The van der Waals surface area contributed by atoms with E-state index in [1.54, 1.807) is 59.3 Å². The van der Waals surface area contributed by atoms with Gasteiger partial charge in [-0.3, -0.25) is 34.4 Å². The molecular formula is C67H62N16O5S2. The van der Waals surface area contributed by atoms with Crippen LogP contribution < -0.4 is 15.5 Å². The number of hydrogen-bond acceptors (Lipinski definition) is 20. The Morgan fingerprint density at radius 3 is 1.99 bits per heavy atom. The smallest absolute Gasteiger partial charge is 0.306 e. The molecule has 90 heavy (non-hydrogen) atoms. The van der Waals surface area contributed by atoms with Crippen LogP contribution in [0.15, 0.2) is 108 Å². The van der Waals surface area contributed by atoms with Gasteiger partial charge in [-0.15, -0.1) is 22.7 Å². The first-order valence-electron chi connectivity index (χ1n) is 31.1. The molecule has 8 aromatic heterocycles. The maximum Gasteiger partial charge on any atom is 0.306 e. The molecule has 7 atom stereocenters. The van der Waals surface area contributed by atoms with Gasteiger partial charge in [0.25, 0.3) is 11.8 Å². The quantitative estimate of drug-likeness (QED) is 0.0715. The number of anilines is 2. The Hall–Kier alpha value is -9.03. The molecule has 4 aliphatic heterocycles. The number of imide groups is 1. The number of H-pyrrole nitrogens is 1. The van der Waals surface area contributed by atoms with Gasteiger partial charge >= 0.3 is 5.97 Å². The third-order valence-corrected chi connectivity index (χ3v) is 22.4. The minimum atomic E-state index is -0.577. The molecule has 2 aliphatic carbocycles. The number of rotatable bonds is 15. The van der Waals surface area contributed by atoms with E-state index in [-0.39, 0.29) is 67.2 Å². The number of pyridine rings is 2. The fraction of sp³-hybridized carbons (Fsp3) is 0.358. The summed E-state index contributed by atoms with van der Waals surface area (Å²) < 4.78 is 14.8. The molecule has 11 aromatic rings. The minimum Gasteiger partial charge on any atom is -0.459 e. The molecule has 17 rings (SSSR count). The Balaban J connectivity index is 0.726. The minimum absolute atomic E-state index is 0.0106. The highest BCUT2D eigenvalue weighted by Crippen LogP contribution is 2.66. The van der Waals surface area contributed by atoms with E-state index in [1.807, 2.05) is 84.6 Å². The molecule has 2 saturated carbocycles. The van der Waals surface area contributed by atoms with Crippen molar-refractivity contribution in [3.05, 3.63) is 152 Å². The van der Waals surface area contributed by atoms with E-state index >= 15 is 0 Å². The molecule has 3 N–H and O–H groups in total. The summed E-state index contributed by atoms with van der Waals surface area (Å²) in [4.78, 5) is 90.1. The van der Waals surface area contributed by atoms with Gasteiger partial charge in [-0.25, -0.2) is 34.6 Å². The zero-order chi connectivity index (χ0) is 60.6. The standard InChI is InChI=1S/C67H62N16O5S2/c1-36-32-89-64(71-36)66(34-68)44-22-26-81(29-46(44)66)60-51(74-56-54(77-78-58(56)75-60)40-13-7-17-48-38(40)15-9-24-69-48)31-88-53(84)21-20-50-59(76-61-57(73-50)55(79-83(61)52-19-5-6-28-87-52)41-14-8-18-49-39(41)16-10-25-70-49)80-27-23-45-47(30-80)67(45,65-72-37(2)33-90-65)35-82-62(85)42-11-3-4-12-43(42)63(82)86/h3-4,7-18,24-25,32-33,44-47,52H,5-6,19-23,26-31,34-35,68H2,1-2H3,(H,75,77,78). The lowest BCUT2D eigenvalue weighted by molar-refractivity contribution is -0.145. The summed E-state index contributed by atoms with van der Waals surface area (Å²) >= 11 is 3.28. The second-order valence-corrected chi connectivity index (χ2v) is 26.7. The number of carbonyl (C=O) groups excluding carboxylic acids is 3. The van der Waals surface area contributed by atoms with Crippen LogP contribution in [0.25, 0.3) is 66.6 Å². The molecule has 2 amide bonds. The Kier molecular flexibility index (Phi) is 13.0. The maximum absolute atomic E-state index is 14.8. The van der Waals surface area contributed by atoms with Crippen molar-refractivity contribution in [3.8, 4) is 22.5 Å². The number of carbonyl (C=O) groups is 3. The van der Waals surface area contributed by atoms with E-state index in [4.69, 9.17) is 60.3 Å². The highest BCUT2D eigenvalue weighted by Gasteiger charge is 2.70. The van der Waals surface area contributed by atoms with E-state index in [0.29, 0.717) is 113 Å². The van der Waals surface area contributed by atoms with Crippen LogP contribution in [0.4, 0.5) is 11.6 Å². The fourth-order valence-electron chi connectivity index (χ4n) is 15.6. The third-order valence-electron chi connectivity index (χ3n) is 20.1. The maximum atomic E-state index is 14.8. The number of nitrogens with two attached hydrogens (primary N) is 1. The first-order valence-corrected chi connectivity index (χ1v) is 32.8. The molecular weight excluding hydrogens is 1170 g/mol. The van der Waals surface area contributed by atoms with Crippen molar-refractivity contribution >= 4 is 96.2 Å². The predicted octanol–water partition coefficient (Wildman–Crippen LogP) is 9.87. The molecule has 0 radical (unpaired) electrons. The van der Waals surface area contributed by atoms with Crippen LogP contribution in [0.1, 0.15) is 98.3 Å². The summed E-state index contributed by atoms with van der Waals surface area (Å²) in [6.07, 6.45) is 7.63. The first kappa shape index (κ1) is 55.1. The number of nitrogens with zero attached hydrogens (tertiary/aromatic N) is 14. The second kappa shape index (κ2) is 21.3. The molecule has 21 nitrogen and oxygen atoms in total. The van der Waals surface area contributed by atoms with Crippen LogP contribution in [-0.4, -0.2) is 128 Å². The van der Waals surface area contributed by atoms with Crippen LogP contribution in [0.3, 0.4) is 0 Å². The number of amides is 2. The van der Waals surface area contributed by atoms with Gasteiger partial charge in [0.05, 0.1) is 40.0 Å². The molecule has 0 bridgehead atoms. The SMILES string of the molecule is Cc1csc(C2(CN)C3CCN(c4nc5n[nH]c(-c6cccc7ncccc67)c5nc4COC(=O)CCc4nc5c(-c6cccc7ncccc67)nn(C6CCCCO6)c5nc4N4CCC5C(C4)C5(CN4C(=O)c5ccccc5C4=O)c4nc(C)cs4)CC32)n1. The van der Waals surface area contributed by atoms with Gasteiger partial charge in [-0.1, -0.05) is 48.5 Å². The Bertz CT molecular complexity index is 4700. The number of esters is 1. The average Bonchev–Trinajstić information content (AvgIpc) is 1.53. The zero-order valence-corrected chi connectivity index (χ0v) is 51.2. The number of piperidine rings is 2. The summed E-state index contributed by atoms with van der Waals surface area (Å²) in [7, 11) is 0. The van der Waals surface area contributed by atoms with E-state index < -0.39 is 11.4 Å². The fourth-order valence-corrected chi connectivity index (χ4v) is 17.9. The van der Waals surface area contributed by atoms with Gasteiger partial charge in [0.2, 0.25) is 5.65 Å². The number of fused-ring (bicyclic) bond motifs is 7. The van der Waals surface area contributed by atoms with E-state index in [9.17, 15) is 14.4 Å². The number of aryl methyl sites for hydroxylation is 3. The Morgan fingerprint density at radius 1 is 0.689 bits per heavy atom.